The van der Waals surface area contributed by atoms with Gasteiger partial charge in [-0.3, -0.25) is 0 Å². The monoisotopic (exact) mass is 161 g/mol. The Bertz CT molecular complexity index is 423. The Morgan fingerprint density at radius 1 is 1.42 bits per heavy atom. The van der Waals surface area contributed by atoms with Crippen LogP contribution in [-0.2, 0) is 0 Å². The van der Waals surface area contributed by atoms with Gasteiger partial charge in [-0.25, -0.2) is 4.98 Å². The van der Waals surface area contributed by atoms with E-state index in [0.717, 1.165) is 10.8 Å². The molecule has 1 aromatic heterocycles. The van der Waals surface area contributed by atoms with Crippen molar-refractivity contribution in [1.82, 2.24) is 4.98 Å². The van der Waals surface area contributed by atoms with E-state index in [4.69, 9.17) is 4.42 Å². The lowest BCUT2D eigenvalue weighted by Gasteiger charge is -2.11. The first kappa shape index (κ1) is 7.35. The van der Waals surface area contributed by atoms with Crippen LogP contribution in [0.15, 0.2) is 23.0 Å². The van der Waals surface area contributed by atoms with Crippen molar-refractivity contribution in [2.75, 3.05) is 0 Å². The quantitative estimate of drug-likeness (QED) is 0.563. The van der Waals surface area contributed by atoms with Crippen molar-refractivity contribution in [3.63, 3.8) is 0 Å². The molecule has 0 N–H and O–H groups in total. The van der Waals surface area contributed by atoms with Crippen molar-refractivity contribution in [1.29, 1.82) is 0 Å². The molecule has 12 heavy (non-hydrogen) atoms. The first-order chi connectivity index (χ1) is 5.67. The van der Waals surface area contributed by atoms with E-state index < -0.39 is 0 Å². The van der Waals surface area contributed by atoms with Gasteiger partial charge in [-0.2, -0.15) is 0 Å². The summed E-state index contributed by atoms with van der Waals surface area (Å²) in [5, 5.41) is 0.914. The van der Waals surface area contributed by atoms with Crippen molar-refractivity contribution in [3.05, 3.63) is 29.3 Å². The Balaban J connectivity index is 2.75. The molecule has 0 spiro atoms. The van der Waals surface area contributed by atoms with Crippen LogP contribution in [0.4, 0.5) is 0 Å². The van der Waals surface area contributed by atoms with Crippen LogP contribution in [0.2, 0.25) is 0 Å². The maximum Gasteiger partial charge on any atom is 0.181 e. The van der Waals surface area contributed by atoms with Crippen LogP contribution < -0.4 is 10.8 Å². The van der Waals surface area contributed by atoms with Gasteiger partial charge in [-0.05, 0) is 12.2 Å². The van der Waals surface area contributed by atoms with Gasteiger partial charge in [-0.15, -0.1) is 0 Å². The fraction of sp³-hybridized carbons (Fsp3) is 0.300. The summed E-state index contributed by atoms with van der Waals surface area (Å²) < 4.78 is 5.23. The van der Waals surface area contributed by atoms with Gasteiger partial charge < -0.3 is 4.42 Å². The molecule has 2 nitrogen and oxygen atoms in total. The Morgan fingerprint density at radius 3 is 3.08 bits per heavy atom. The highest BCUT2D eigenvalue weighted by molar-refractivity contribution is 5.44. The molecule has 1 aliphatic carbocycles. The maximum atomic E-state index is 5.23. The molecule has 0 saturated heterocycles. The van der Waals surface area contributed by atoms with Crippen molar-refractivity contribution in [3.8, 4) is 0 Å². The van der Waals surface area contributed by atoms with E-state index in [1.807, 2.05) is 12.2 Å². The van der Waals surface area contributed by atoms with Crippen molar-refractivity contribution >= 4 is 12.2 Å². The highest BCUT2D eigenvalue weighted by Gasteiger charge is 2.11. The third kappa shape index (κ3) is 1.20. The minimum atomic E-state index is 0.0568. The minimum Gasteiger partial charge on any atom is -0.444 e. The first-order valence-electron chi connectivity index (χ1n) is 3.99. The fourth-order valence-corrected chi connectivity index (χ4v) is 1.27. The summed E-state index contributed by atoms with van der Waals surface area (Å²) in [5.41, 5.74) is 0.923. The van der Waals surface area contributed by atoms with E-state index in [-0.39, 0.29) is 5.41 Å². The normalized spacial score (nSPS) is 18.8. The summed E-state index contributed by atoms with van der Waals surface area (Å²) in [6, 6.07) is 0. The molecule has 0 aliphatic heterocycles. The second-order valence-corrected chi connectivity index (χ2v) is 3.59. The van der Waals surface area contributed by atoms with E-state index in [9.17, 15) is 0 Å². The molecule has 0 bridgehead atoms. The summed E-state index contributed by atoms with van der Waals surface area (Å²) in [6.07, 6.45) is 9.67. The predicted molar refractivity (Wildman–Crippen MR) is 47.6 cm³/mol. The number of hydrogen-bond donors (Lipinski definition) is 0. The zero-order valence-electron chi connectivity index (χ0n) is 7.24. The van der Waals surface area contributed by atoms with Gasteiger partial charge in [0.1, 0.15) is 5.35 Å². The molecule has 0 unspecified atom stereocenters. The van der Waals surface area contributed by atoms with Gasteiger partial charge in [0.25, 0.3) is 0 Å². The number of aromatic nitrogens is 1. The Hall–Kier alpha value is -1.31. The van der Waals surface area contributed by atoms with E-state index in [1.165, 1.54) is 6.39 Å². The summed E-state index contributed by atoms with van der Waals surface area (Å²) in [4.78, 5) is 4.08. The molecule has 62 valence electrons. The Labute approximate surface area is 70.9 Å². The molecule has 0 amide bonds. The van der Waals surface area contributed by atoms with Gasteiger partial charge in [0.15, 0.2) is 11.8 Å². The SMILES string of the molecule is CC1(C)C=CC=c2ncoc2=C1. The lowest BCUT2D eigenvalue weighted by molar-refractivity contribution is 0.514. The molecule has 0 atom stereocenters. The second kappa shape index (κ2) is 2.34. The van der Waals surface area contributed by atoms with E-state index >= 15 is 0 Å². The standard InChI is InChI=1S/C10H11NO/c1-10(2)5-3-4-8-9(6-10)12-7-11-8/h3-7H,1-2H3. The number of oxazole rings is 1. The Morgan fingerprint density at radius 2 is 2.25 bits per heavy atom. The van der Waals surface area contributed by atoms with Gasteiger partial charge in [-0.1, -0.05) is 26.0 Å². The van der Waals surface area contributed by atoms with Gasteiger partial charge >= 0.3 is 0 Å². The number of nitrogens with zero attached hydrogens (tertiary/aromatic N) is 1. The van der Waals surface area contributed by atoms with Gasteiger partial charge in [0, 0.05) is 5.41 Å². The fourth-order valence-electron chi connectivity index (χ4n) is 1.27. The van der Waals surface area contributed by atoms with Crippen LogP contribution in [0.3, 0.4) is 0 Å². The molecule has 0 radical (unpaired) electrons. The van der Waals surface area contributed by atoms with Gasteiger partial charge in [0.05, 0.1) is 0 Å². The predicted octanol–water partition coefficient (Wildman–Crippen LogP) is 0.832. The largest absolute Gasteiger partial charge is 0.444 e. The molecular formula is C10H11NO. The van der Waals surface area contributed by atoms with Crippen molar-refractivity contribution < 1.29 is 4.42 Å². The maximum absolute atomic E-state index is 5.23. The summed E-state index contributed by atoms with van der Waals surface area (Å²) in [6.45, 7) is 4.27. The van der Waals surface area contributed by atoms with E-state index in [0.29, 0.717) is 0 Å². The number of fused-ring (bicyclic) bond motifs is 1. The molecule has 1 heterocycles. The van der Waals surface area contributed by atoms with Crippen LogP contribution in [-0.4, -0.2) is 4.98 Å². The molecule has 0 fully saturated rings. The highest BCUT2D eigenvalue weighted by atomic mass is 16.3. The lowest BCUT2D eigenvalue weighted by Crippen LogP contribution is -2.23. The summed E-state index contributed by atoms with van der Waals surface area (Å²) in [7, 11) is 0. The number of hydrogen-bond acceptors (Lipinski definition) is 2. The van der Waals surface area contributed by atoms with Crippen LogP contribution in [0, 0.1) is 5.41 Å². The molecular weight excluding hydrogens is 150 g/mol. The lowest BCUT2D eigenvalue weighted by atomic mass is 9.93. The average Bonchev–Trinajstić information content (AvgIpc) is 2.31. The number of rotatable bonds is 0. The van der Waals surface area contributed by atoms with Crippen LogP contribution in [0.5, 0.6) is 0 Å². The molecule has 2 heteroatoms. The van der Waals surface area contributed by atoms with Crippen molar-refractivity contribution in [2.24, 2.45) is 5.41 Å². The van der Waals surface area contributed by atoms with Gasteiger partial charge in [0.2, 0.25) is 0 Å². The zero-order chi connectivity index (χ0) is 8.60. The van der Waals surface area contributed by atoms with E-state index in [1.54, 1.807) is 0 Å². The van der Waals surface area contributed by atoms with Crippen LogP contribution in [0.25, 0.3) is 12.2 Å². The topological polar surface area (TPSA) is 26.0 Å². The average molecular weight is 161 g/mol. The molecule has 1 aromatic rings. The zero-order valence-corrected chi connectivity index (χ0v) is 7.24. The smallest absolute Gasteiger partial charge is 0.181 e. The minimum absolute atomic E-state index is 0.0568. The van der Waals surface area contributed by atoms with Crippen LogP contribution >= 0.6 is 0 Å². The molecule has 0 saturated carbocycles. The first-order valence-corrected chi connectivity index (χ1v) is 3.99. The molecule has 2 rings (SSSR count). The third-order valence-corrected chi connectivity index (χ3v) is 1.91. The summed E-state index contributed by atoms with van der Waals surface area (Å²) >= 11 is 0. The number of allylic oxidation sites excluding steroid dienone is 2. The second-order valence-electron chi connectivity index (χ2n) is 3.59. The Kier molecular flexibility index (Phi) is 1.43. The highest BCUT2D eigenvalue weighted by Crippen LogP contribution is 2.19. The summed E-state index contributed by atoms with van der Waals surface area (Å²) in [5.74, 6) is 0. The van der Waals surface area contributed by atoms with Crippen molar-refractivity contribution in [2.45, 2.75) is 13.8 Å². The third-order valence-electron chi connectivity index (χ3n) is 1.91. The molecule has 0 aromatic carbocycles. The van der Waals surface area contributed by atoms with E-state index in [2.05, 4.69) is 31.0 Å². The van der Waals surface area contributed by atoms with Crippen LogP contribution in [0.1, 0.15) is 13.8 Å². The molecule has 1 aliphatic rings.